The van der Waals surface area contributed by atoms with Gasteiger partial charge < -0.3 is 19.5 Å². The summed E-state index contributed by atoms with van der Waals surface area (Å²) in [4.78, 5) is 14.6. The normalized spacial score (nSPS) is 18.0. The summed E-state index contributed by atoms with van der Waals surface area (Å²) >= 11 is 0. The summed E-state index contributed by atoms with van der Waals surface area (Å²) < 4.78 is 16.4. The highest BCUT2D eigenvalue weighted by atomic mass is 16.5. The van der Waals surface area contributed by atoms with E-state index in [1.807, 2.05) is 31.2 Å². The van der Waals surface area contributed by atoms with E-state index in [9.17, 15) is 4.79 Å². The van der Waals surface area contributed by atoms with Gasteiger partial charge in [-0.05, 0) is 37.6 Å². The third-order valence-corrected chi connectivity index (χ3v) is 4.50. The molecule has 1 aromatic rings. The SMILES string of the molecule is CC[C@@](C)(OC)C(=O)Nc1ccc(OCCN2CCOCC2)cc1. The summed E-state index contributed by atoms with van der Waals surface area (Å²) in [6.45, 7) is 8.76. The van der Waals surface area contributed by atoms with Crippen LogP contribution < -0.4 is 10.1 Å². The van der Waals surface area contributed by atoms with Gasteiger partial charge in [0.1, 0.15) is 18.0 Å². The second kappa shape index (κ2) is 9.01. The summed E-state index contributed by atoms with van der Waals surface area (Å²) in [6, 6.07) is 7.41. The Labute approximate surface area is 144 Å². The van der Waals surface area contributed by atoms with Crippen LogP contribution in [-0.4, -0.2) is 63.0 Å². The van der Waals surface area contributed by atoms with Gasteiger partial charge in [0.15, 0.2) is 0 Å². The molecule has 134 valence electrons. The van der Waals surface area contributed by atoms with Crippen LogP contribution in [0.3, 0.4) is 0 Å². The van der Waals surface area contributed by atoms with Crippen LogP contribution in [0.1, 0.15) is 20.3 Å². The van der Waals surface area contributed by atoms with Crippen LogP contribution in [0.2, 0.25) is 0 Å². The highest BCUT2D eigenvalue weighted by Crippen LogP contribution is 2.20. The Balaban J connectivity index is 1.78. The fraction of sp³-hybridized carbons (Fsp3) is 0.611. The first-order valence-corrected chi connectivity index (χ1v) is 8.47. The molecule has 1 fully saturated rings. The van der Waals surface area contributed by atoms with Gasteiger partial charge in [-0.15, -0.1) is 0 Å². The molecule has 1 heterocycles. The summed E-state index contributed by atoms with van der Waals surface area (Å²) in [5, 5.41) is 2.88. The van der Waals surface area contributed by atoms with E-state index in [2.05, 4.69) is 10.2 Å². The van der Waals surface area contributed by atoms with Gasteiger partial charge in [-0.1, -0.05) is 6.92 Å². The quantitative estimate of drug-likeness (QED) is 0.788. The van der Waals surface area contributed by atoms with E-state index in [-0.39, 0.29) is 5.91 Å². The van der Waals surface area contributed by atoms with Crippen LogP contribution in [0.4, 0.5) is 5.69 Å². The van der Waals surface area contributed by atoms with E-state index in [1.165, 1.54) is 0 Å². The minimum Gasteiger partial charge on any atom is -0.492 e. The molecular formula is C18H28N2O4. The lowest BCUT2D eigenvalue weighted by molar-refractivity contribution is -0.136. The molecule has 1 N–H and O–H groups in total. The first-order valence-electron chi connectivity index (χ1n) is 8.47. The van der Waals surface area contributed by atoms with Crippen molar-refractivity contribution >= 4 is 11.6 Å². The average Bonchev–Trinajstić information content (AvgIpc) is 2.63. The Morgan fingerprint density at radius 2 is 1.96 bits per heavy atom. The van der Waals surface area contributed by atoms with Crippen LogP contribution in [0.15, 0.2) is 24.3 Å². The molecule has 0 bridgehead atoms. The smallest absolute Gasteiger partial charge is 0.256 e. The van der Waals surface area contributed by atoms with E-state index in [1.54, 1.807) is 14.0 Å². The molecule has 0 aromatic heterocycles. The zero-order valence-electron chi connectivity index (χ0n) is 14.8. The first kappa shape index (κ1) is 18.7. The van der Waals surface area contributed by atoms with E-state index in [0.717, 1.165) is 44.3 Å². The number of carbonyl (C=O) groups excluding carboxylic acids is 1. The lowest BCUT2D eigenvalue weighted by Crippen LogP contribution is -2.41. The van der Waals surface area contributed by atoms with Gasteiger partial charge in [0, 0.05) is 32.4 Å². The first-order chi connectivity index (χ1) is 11.6. The number of carbonyl (C=O) groups is 1. The van der Waals surface area contributed by atoms with E-state index in [4.69, 9.17) is 14.2 Å². The summed E-state index contributed by atoms with van der Waals surface area (Å²) in [7, 11) is 1.55. The van der Waals surface area contributed by atoms with Crippen molar-refractivity contribution in [1.29, 1.82) is 0 Å². The van der Waals surface area contributed by atoms with Crippen LogP contribution in [-0.2, 0) is 14.3 Å². The summed E-state index contributed by atoms with van der Waals surface area (Å²) in [6.07, 6.45) is 0.609. The standard InChI is InChI=1S/C18H28N2O4/c1-4-18(2,22-3)17(21)19-15-5-7-16(8-6-15)24-14-11-20-9-12-23-13-10-20/h5-8H,4,9-14H2,1-3H3,(H,19,21)/t18-/m1/s1. The van der Waals surface area contributed by atoms with Crippen molar-refractivity contribution in [2.75, 3.05) is 51.9 Å². The molecule has 2 rings (SSSR count). The van der Waals surface area contributed by atoms with Crippen molar-refractivity contribution in [3.8, 4) is 5.75 Å². The van der Waals surface area contributed by atoms with Crippen molar-refractivity contribution in [3.05, 3.63) is 24.3 Å². The topological polar surface area (TPSA) is 60.0 Å². The Bertz CT molecular complexity index is 508. The maximum atomic E-state index is 12.2. The molecule has 1 aliphatic heterocycles. The predicted molar refractivity (Wildman–Crippen MR) is 93.5 cm³/mol. The highest BCUT2D eigenvalue weighted by molar-refractivity contribution is 5.97. The van der Waals surface area contributed by atoms with Crippen molar-refractivity contribution in [3.63, 3.8) is 0 Å². The monoisotopic (exact) mass is 336 g/mol. The summed E-state index contributed by atoms with van der Waals surface area (Å²) in [5.74, 6) is 0.653. The Hall–Kier alpha value is -1.63. The zero-order chi connectivity index (χ0) is 17.4. The maximum Gasteiger partial charge on any atom is 0.256 e. The van der Waals surface area contributed by atoms with Gasteiger partial charge in [0.05, 0.1) is 13.2 Å². The molecule has 6 nitrogen and oxygen atoms in total. The number of nitrogens with one attached hydrogen (secondary N) is 1. The maximum absolute atomic E-state index is 12.2. The second-order valence-electron chi connectivity index (χ2n) is 6.07. The van der Waals surface area contributed by atoms with Crippen molar-refractivity contribution in [2.24, 2.45) is 0 Å². The fourth-order valence-electron chi connectivity index (χ4n) is 2.41. The zero-order valence-corrected chi connectivity index (χ0v) is 14.8. The number of hydrogen-bond acceptors (Lipinski definition) is 5. The molecule has 0 aliphatic carbocycles. The van der Waals surface area contributed by atoms with Gasteiger partial charge >= 0.3 is 0 Å². The number of amides is 1. The predicted octanol–water partition coefficient (Wildman–Crippen LogP) is 2.15. The second-order valence-corrected chi connectivity index (χ2v) is 6.07. The molecule has 0 radical (unpaired) electrons. The van der Waals surface area contributed by atoms with Gasteiger partial charge in [-0.25, -0.2) is 0 Å². The number of hydrogen-bond donors (Lipinski definition) is 1. The van der Waals surface area contributed by atoms with Crippen LogP contribution >= 0.6 is 0 Å². The number of methoxy groups -OCH3 is 1. The summed E-state index contributed by atoms with van der Waals surface area (Å²) in [5.41, 5.74) is -0.0786. The Morgan fingerprint density at radius 3 is 2.54 bits per heavy atom. The highest BCUT2D eigenvalue weighted by Gasteiger charge is 2.30. The molecular weight excluding hydrogens is 308 g/mol. The Morgan fingerprint density at radius 1 is 1.29 bits per heavy atom. The number of morpholine rings is 1. The number of benzene rings is 1. The van der Waals surface area contributed by atoms with Crippen LogP contribution in [0.25, 0.3) is 0 Å². The minimum atomic E-state index is -0.812. The fourth-order valence-corrected chi connectivity index (χ4v) is 2.41. The third kappa shape index (κ3) is 5.19. The average molecular weight is 336 g/mol. The van der Waals surface area contributed by atoms with Gasteiger partial charge in [-0.2, -0.15) is 0 Å². The van der Waals surface area contributed by atoms with Gasteiger partial charge in [0.25, 0.3) is 5.91 Å². The van der Waals surface area contributed by atoms with Crippen LogP contribution in [0, 0.1) is 0 Å². The van der Waals surface area contributed by atoms with E-state index >= 15 is 0 Å². The molecule has 0 saturated carbocycles. The third-order valence-electron chi connectivity index (χ3n) is 4.50. The molecule has 24 heavy (non-hydrogen) atoms. The minimum absolute atomic E-state index is 0.145. The number of ether oxygens (including phenoxy) is 3. The number of anilines is 1. The van der Waals surface area contributed by atoms with E-state index < -0.39 is 5.60 Å². The molecule has 1 atom stereocenters. The lowest BCUT2D eigenvalue weighted by atomic mass is 10.0. The van der Waals surface area contributed by atoms with Crippen molar-refractivity contribution in [2.45, 2.75) is 25.9 Å². The molecule has 1 saturated heterocycles. The van der Waals surface area contributed by atoms with Crippen molar-refractivity contribution in [1.82, 2.24) is 4.90 Å². The molecule has 0 spiro atoms. The molecule has 1 aliphatic rings. The van der Waals surface area contributed by atoms with Crippen molar-refractivity contribution < 1.29 is 19.0 Å². The van der Waals surface area contributed by atoms with Gasteiger partial charge in [-0.3, -0.25) is 9.69 Å². The number of nitrogens with zero attached hydrogens (tertiary/aromatic N) is 1. The molecule has 0 unspecified atom stereocenters. The molecule has 6 heteroatoms. The van der Waals surface area contributed by atoms with Gasteiger partial charge in [0.2, 0.25) is 0 Å². The van der Waals surface area contributed by atoms with E-state index in [0.29, 0.717) is 13.0 Å². The molecule has 1 aromatic carbocycles. The lowest BCUT2D eigenvalue weighted by Gasteiger charge is -2.26. The van der Waals surface area contributed by atoms with Crippen LogP contribution in [0.5, 0.6) is 5.75 Å². The Kier molecular flexibility index (Phi) is 7.02. The number of rotatable bonds is 8. The largest absolute Gasteiger partial charge is 0.492 e. The molecule has 1 amide bonds.